The Balaban J connectivity index is 1.71. The van der Waals surface area contributed by atoms with Gasteiger partial charge in [0.1, 0.15) is 0 Å². The highest BCUT2D eigenvalue weighted by Gasteiger charge is 2.22. The molecule has 0 aromatic carbocycles. The van der Waals surface area contributed by atoms with E-state index in [0.29, 0.717) is 23.8 Å². The van der Waals surface area contributed by atoms with Crippen molar-refractivity contribution in [3.8, 4) is 11.5 Å². The van der Waals surface area contributed by atoms with Gasteiger partial charge < -0.3 is 9.52 Å². The highest BCUT2D eigenvalue weighted by molar-refractivity contribution is 5.90. The van der Waals surface area contributed by atoms with Crippen LogP contribution in [0, 0.1) is 13.8 Å². The Morgan fingerprint density at radius 2 is 2.20 bits per heavy atom. The van der Waals surface area contributed by atoms with Crippen molar-refractivity contribution >= 4 is 11.6 Å². The maximum Gasteiger partial charge on any atom is 0.335 e. The molecule has 1 atom stereocenters. The first-order valence-corrected chi connectivity index (χ1v) is 7.80. The van der Waals surface area contributed by atoms with Crippen molar-refractivity contribution in [3.63, 3.8) is 0 Å². The van der Waals surface area contributed by atoms with E-state index < -0.39 is 5.97 Å². The first kappa shape index (κ1) is 15.3. The average Bonchev–Trinajstić information content (AvgIpc) is 3.22. The molecule has 1 aliphatic carbocycles. The molecule has 3 aromatic rings. The Morgan fingerprint density at radius 3 is 3.00 bits per heavy atom. The van der Waals surface area contributed by atoms with Crippen LogP contribution in [0.2, 0.25) is 0 Å². The molecule has 3 heterocycles. The maximum absolute atomic E-state index is 11.1. The molecule has 4 rings (SSSR count). The summed E-state index contributed by atoms with van der Waals surface area (Å²) < 4.78 is 7.54. The summed E-state index contributed by atoms with van der Waals surface area (Å²) in [6, 6.07) is 1.89. The minimum absolute atomic E-state index is 0.224. The number of carbonyl (C=O) groups is 1. The minimum atomic E-state index is -0.972. The number of aromatic nitrogens is 5. The van der Waals surface area contributed by atoms with Crippen LogP contribution in [-0.2, 0) is 4.79 Å². The van der Waals surface area contributed by atoms with Crippen molar-refractivity contribution in [2.45, 2.75) is 26.2 Å². The van der Waals surface area contributed by atoms with Crippen LogP contribution in [0.4, 0.5) is 0 Å². The Kier molecular flexibility index (Phi) is 3.45. The third-order valence-electron chi connectivity index (χ3n) is 4.15. The zero-order valence-electron chi connectivity index (χ0n) is 13.7. The second-order valence-corrected chi connectivity index (χ2v) is 5.93. The van der Waals surface area contributed by atoms with E-state index in [-0.39, 0.29) is 11.5 Å². The third-order valence-corrected chi connectivity index (χ3v) is 4.15. The molecule has 8 nitrogen and oxygen atoms in total. The number of hydrogen-bond donors (Lipinski definition) is 1. The number of nitrogens with zero attached hydrogens (tertiary/aromatic N) is 5. The molecular formula is C17H15N5O3. The Labute approximate surface area is 142 Å². The lowest BCUT2D eigenvalue weighted by molar-refractivity contribution is -0.132. The number of allylic oxidation sites excluding steroid dienone is 2. The summed E-state index contributed by atoms with van der Waals surface area (Å²) in [7, 11) is 0. The fraction of sp³-hybridized carbons (Fsp3) is 0.235. The van der Waals surface area contributed by atoms with Crippen LogP contribution in [-0.4, -0.2) is 35.9 Å². The van der Waals surface area contributed by atoms with Gasteiger partial charge in [0.15, 0.2) is 5.65 Å². The molecule has 3 aromatic heterocycles. The van der Waals surface area contributed by atoms with Crippen molar-refractivity contribution < 1.29 is 14.3 Å². The minimum Gasteiger partial charge on any atom is -0.478 e. The zero-order chi connectivity index (χ0) is 17.6. The summed E-state index contributed by atoms with van der Waals surface area (Å²) in [5.74, 6) is -0.495. The standard InChI is InChI=1S/C17H15N5O3/c1-9-6-14-18-8-13(10(2)22(14)21-9)16-20-19-15(25-16)11-4-3-5-12(7-11)17(23)24/h3,5-8,11H,4H2,1-2H3,(H,23,24). The van der Waals surface area contributed by atoms with Gasteiger partial charge in [-0.25, -0.2) is 14.3 Å². The van der Waals surface area contributed by atoms with Gasteiger partial charge in [-0.05, 0) is 20.3 Å². The van der Waals surface area contributed by atoms with Crippen molar-refractivity contribution in [2.24, 2.45) is 0 Å². The number of hydrogen-bond acceptors (Lipinski definition) is 6. The van der Waals surface area contributed by atoms with Crippen LogP contribution in [0.25, 0.3) is 17.1 Å². The second kappa shape index (κ2) is 5.66. The number of fused-ring (bicyclic) bond motifs is 1. The normalized spacial score (nSPS) is 17.0. The third kappa shape index (κ3) is 2.61. The Bertz CT molecular complexity index is 1040. The molecule has 0 saturated carbocycles. The number of aliphatic carboxylic acids is 1. The van der Waals surface area contributed by atoms with Gasteiger partial charge in [-0.15, -0.1) is 10.2 Å². The van der Waals surface area contributed by atoms with Gasteiger partial charge in [-0.2, -0.15) is 5.10 Å². The van der Waals surface area contributed by atoms with E-state index in [0.717, 1.165) is 17.0 Å². The molecule has 0 aliphatic heterocycles. The molecule has 25 heavy (non-hydrogen) atoms. The lowest BCUT2D eigenvalue weighted by atomic mass is 9.96. The molecule has 0 fully saturated rings. The molecule has 1 N–H and O–H groups in total. The van der Waals surface area contributed by atoms with E-state index in [1.807, 2.05) is 19.9 Å². The predicted octanol–water partition coefficient (Wildman–Crippen LogP) is 2.45. The molecule has 1 aliphatic rings. The van der Waals surface area contributed by atoms with E-state index in [9.17, 15) is 4.79 Å². The van der Waals surface area contributed by atoms with Crippen molar-refractivity contribution in [2.75, 3.05) is 0 Å². The van der Waals surface area contributed by atoms with E-state index >= 15 is 0 Å². The Hall–Kier alpha value is -3.29. The quantitative estimate of drug-likeness (QED) is 0.782. The first-order valence-electron chi connectivity index (χ1n) is 7.80. The van der Waals surface area contributed by atoms with Gasteiger partial charge in [-0.1, -0.05) is 18.2 Å². The predicted molar refractivity (Wildman–Crippen MR) is 88.0 cm³/mol. The molecule has 0 saturated heterocycles. The summed E-state index contributed by atoms with van der Waals surface area (Å²) in [5.41, 5.74) is 3.40. The highest BCUT2D eigenvalue weighted by atomic mass is 16.4. The summed E-state index contributed by atoms with van der Waals surface area (Å²) in [4.78, 5) is 15.5. The van der Waals surface area contributed by atoms with Crippen molar-refractivity contribution in [1.82, 2.24) is 24.8 Å². The number of carboxylic acids is 1. The largest absolute Gasteiger partial charge is 0.478 e. The van der Waals surface area contributed by atoms with Crippen LogP contribution < -0.4 is 0 Å². The molecule has 0 spiro atoms. The van der Waals surface area contributed by atoms with E-state index in [4.69, 9.17) is 9.52 Å². The smallest absolute Gasteiger partial charge is 0.335 e. The summed E-state index contributed by atoms with van der Waals surface area (Å²) in [6.07, 6.45) is 7.31. The second-order valence-electron chi connectivity index (χ2n) is 5.93. The summed E-state index contributed by atoms with van der Waals surface area (Å²) in [5, 5.41) is 21.7. The number of rotatable bonds is 3. The first-order chi connectivity index (χ1) is 12.0. The van der Waals surface area contributed by atoms with Gasteiger partial charge in [-0.3, -0.25) is 0 Å². The fourth-order valence-electron chi connectivity index (χ4n) is 2.86. The van der Waals surface area contributed by atoms with Crippen LogP contribution in [0.3, 0.4) is 0 Å². The SMILES string of the molecule is Cc1cc2ncc(-c3nnc(C4C=C(C(=O)O)C=CC4)o3)c(C)n2n1. The molecule has 8 heteroatoms. The number of aryl methyl sites for hydroxylation is 2. The fourth-order valence-corrected chi connectivity index (χ4v) is 2.86. The average molecular weight is 337 g/mol. The molecular weight excluding hydrogens is 322 g/mol. The summed E-state index contributed by atoms with van der Waals surface area (Å²) >= 11 is 0. The topological polar surface area (TPSA) is 106 Å². The molecule has 0 amide bonds. The van der Waals surface area contributed by atoms with Gasteiger partial charge in [0, 0.05) is 12.3 Å². The lowest BCUT2D eigenvalue weighted by Crippen LogP contribution is -2.06. The van der Waals surface area contributed by atoms with Gasteiger partial charge in [0.05, 0.1) is 28.4 Å². The molecule has 0 radical (unpaired) electrons. The molecule has 126 valence electrons. The van der Waals surface area contributed by atoms with Crippen LogP contribution >= 0.6 is 0 Å². The van der Waals surface area contributed by atoms with Gasteiger partial charge in [0.2, 0.25) is 5.89 Å². The number of carboxylic acid groups (broad SMARTS) is 1. The van der Waals surface area contributed by atoms with Crippen molar-refractivity contribution in [3.05, 3.63) is 53.3 Å². The zero-order valence-corrected chi connectivity index (χ0v) is 13.7. The maximum atomic E-state index is 11.1. The van der Waals surface area contributed by atoms with Gasteiger partial charge in [0.25, 0.3) is 5.89 Å². The van der Waals surface area contributed by atoms with Gasteiger partial charge >= 0.3 is 5.97 Å². The van der Waals surface area contributed by atoms with Crippen LogP contribution in [0.15, 0.2) is 40.5 Å². The molecule has 0 bridgehead atoms. The monoisotopic (exact) mass is 337 g/mol. The Morgan fingerprint density at radius 1 is 1.36 bits per heavy atom. The van der Waals surface area contributed by atoms with Crippen molar-refractivity contribution in [1.29, 1.82) is 0 Å². The lowest BCUT2D eigenvalue weighted by Gasteiger charge is -2.10. The van der Waals surface area contributed by atoms with E-state index in [1.54, 1.807) is 28.9 Å². The molecule has 1 unspecified atom stereocenters. The highest BCUT2D eigenvalue weighted by Crippen LogP contribution is 2.29. The summed E-state index contributed by atoms with van der Waals surface area (Å²) in [6.45, 7) is 3.81. The van der Waals surface area contributed by atoms with Crippen LogP contribution in [0.1, 0.15) is 29.6 Å². The van der Waals surface area contributed by atoms with Crippen LogP contribution in [0.5, 0.6) is 0 Å². The van der Waals surface area contributed by atoms with E-state index in [2.05, 4.69) is 20.3 Å². The van der Waals surface area contributed by atoms with E-state index in [1.165, 1.54) is 0 Å².